The van der Waals surface area contributed by atoms with Crippen LogP contribution in [0.2, 0.25) is 0 Å². The summed E-state index contributed by atoms with van der Waals surface area (Å²) in [4.78, 5) is 16.0. The summed E-state index contributed by atoms with van der Waals surface area (Å²) in [5.41, 5.74) is 9.95. The van der Waals surface area contributed by atoms with E-state index in [0.29, 0.717) is 17.5 Å². The third kappa shape index (κ3) is 5.32. The monoisotopic (exact) mass is 790 g/mol. The first-order valence-electron chi connectivity index (χ1n) is 20.9. The number of nitrogens with zero attached hydrogens (tertiary/aromatic N) is 4. The van der Waals surface area contributed by atoms with Gasteiger partial charge in [-0.25, -0.2) is 15.0 Å². The molecule has 0 aliphatic heterocycles. The van der Waals surface area contributed by atoms with Crippen molar-refractivity contribution in [1.82, 2.24) is 19.5 Å². The van der Waals surface area contributed by atoms with Crippen LogP contribution in [0.3, 0.4) is 0 Å². The molecule has 0 saturated carbocycles. The van der Waals surface area contributed by atoms with Crippen molar-refractivity contribution in [2.75, 3.05) is 0 Å². The van der Waals surface area contributed by atoms with Crippen molar-refractivity contribution in [3.63, 3.8) is 0 Å². The standard InChI is InChI=1S/C57H34N4O/c1-2-16-36(17-3-1)55-58-56(39-29-30-53-47(32-39)44-24-11-13-28-52(44)62-53)60-57(59-55)54-45-25-9-8-22-42(45)51(34-48(54)41-26-14-20-35-15-6-7-21-40(35)41)61-49-27-12-10-23-43(49)46-31-37-18-4-5-19-38(37)33-50(46)61/h1-34H. The zero-order valence-corrected chi connectivity index (χ0v) is 33.3. The molecule has 0 saturated heterocycles. The fraction of sp³-hybridized carbons (Fsp3) is 0. The van der Waals surface area contributed by atoms with E-state index in [4.69, 9.17) is 19.4 Å². The van der Waals surface area contributed by atoms with Gasteiger partial charge in [-0.05, 0) is 86.6 Å². The van der Waals surface area contributed by atoms with Gasteiger partial charge in [-0.15, -0.1) is 0 Å². The minimum atomic E-state index is 0.590. The molecule has 3 heterocycles. The number of hydrogen-bond donors (Lipinski definition) is 0. The second kappa shape index (κ2) is 13.6. The SMILES string of the molecule is c1ccc(-c2nc(-c3ccc4oc5ccccc5c4c3)nc(-c3c(-c4cccc5ccccc45)cc(-n4c5ccccc5c5cc6ccccc6cc54)c4ccccc34)n2)cc1. The van der Waals surface area contributed by atoms with Crippen LogP contribution in [-0.4, -0.2) is 19.5 Å². The second-order valence-corrected chi connectivity index (χ2v) is 15.9. The van der Waals surface area contributed by atoms with Gasteiger partial charge in [-0.1, -0.05) is 158 Å². The summed E-state index contributed by atoms with van der Waals surface area (Å²) in [6.45, 7) is 0. The molecule has 0 amide bonds. The van der Waals surface area contributed by atoms with Crippen LogP contribution in [0.25, 0.3) is 127 Å². The van der Waals surface area contributed by atoms with Crippen molar-refractivity contribution in [2.24, 2.45) is 0 Å². The van der Waals surface area contributed by atoms with E-state index in [0.717, 1.165) is 88.0 Å². The van der Waals surface area contributed by atoms with Gasteiger partial charge in [-0.3, -0.25) is 0 Å². The number of furan rings is 1. The summed E-state index contributed by atoms with van der Waals surface area (Å²) in [5.74, 6) is 1.80. The molecule has 0 N–H and O–H groups in total. The first-order valence-corrected chi connectivity index (χ1v) is 20.9. The molecule has 0 aliphatic rings. The maximum atomic E-state index is 6.24. The fourth-order valence-electron chi connectivity index (χ4n) is 9.57. The number of benzene rings is 10. The van der Waals surface area contributed by atoms with E-state index in [9.17, 15) is 0 Å². The Hall–Kier alpha value is -8.41. The van der Waals surface area contributed by atoms with Crippen molar-refractivity contribution in [2.45, 2.75) is 0 Å². The third-order valence-corrected chi connectivity index (χ3v) is 12.4. The first-order chi connectivity index (χ1) is 30.7. The summed E-state index contributed by atoms with van der Waals surface area (Å²) in [7, 11) is 0. The summed E-state index contributed by atoms with van der Waals surface area (Å²) < 4.78 is 8.69. The Morgan fingerprint density at radius 2 is 0.935 bits per heavy atom. The molecule has 0 radical (unpaired) electrons. The fourth-order valence-corrected chi connectivity index (χ4v) is 9.57. The van der Waals surface area contributed by atoms with Gasteiger partial charge in [0.05, 0.1) is 16.7 Å². The van der Waals surface area contributed by atoms with E-state index >= 15 is 0 Å². The van der Waals surface area contributed by atoms with Crippen LogP contribution >= 0.6 is 0 Å². The van der Waals surface area contributed by atoms with E-state index in [2.05, 4.69) is 168 Å². The predicted octanol–water partition coefficient (Wildman–Crippen LogP) is 15.0. The van der Waals surface area contributed by atoms with Crippen LogP contribution in [-0.2, 0) is 0 Å². The number of fused-ring (bicyclic) bond motifs is 9. The van der Waals surface area contributed by atoms with Crippen molar-refractivity contribution < 1.29 is 4.42 Å². The summed E-state index contributed by atoms with van der Waals surface area (Å²) >= 11 is 0. The van der Waals surface area contributed by atoms with Crippen molar-refractivity contribution in [1.29, 1.82) is 0 Å². The second-order valence-electron chi connectivity index (χ2n) is 15.9. The molecule has 13 aromatic rings. The lowest BCUT2D eigenvalue weighted by atomic mass is 9.89. The summed E-state index contributed by atoms with van der Waals surface area (Å²) in [5, 5.41) is 11.4. The van der Waals surface area contributed by atoms with E-state index in [1.807, 2.05) is 42.5 Å². The molecule has 62 heavy (non-hydrogen) atoms. The molecule has 13 rings (SSSR count). The lowest BCUT2D eigenvalue weighted by Crippen LogP contribution is -2.04. The minimum Gasteiger partial charge on any atom is -0.456 e. The normalized spacial score (nSPS) is 11.9. The van der Waals surface area contributed by atoms with Gasteiger partial charge in [0.2, 0.25) is 0 Å². The highest BCUT2D eigenvalue weighted by Gasteiger charge is 2.24. The third-order valence-electron chi connectivity index (χ3n) is 12.4. The Labute approximate surface area is 355 Å². The smallest absolute Gasteiger partial charge is 0.165 e. The molecule has 0 unspecified atom stereocenters. The first kappa shape index (κ1) is 34.5. The van der Waals surface area contributed by atoms with Gasteiger partial charge in [0, 0.05) is 43.6 Å². The average molecular weight is 791 g/mol. The molecule has 5 heteroatoms. The van der Waals surface area contributed by atoms with Crippen LogP contribution in [0.4, 0.5) is 0 Å². The van der Waals surface area contributed by atoms with Crippen LogP contribution in [0.15, 0.2) is 211 Å². The van der Waals surface area contributed by atoms with Gasteiger partial charge >= 0.3 is 0 Å². The highest BCUT2D eigenvalue weighted by Crippen LogP contribution is 2.45. The summed E-state index contributed by atoms with van der Waals surface area (Å²) in [6, 6.07) is 73.0. The van der Waals surface area contributed by atoms with Gasteiger partial charge in [-0.2, -0.15) is 0 Å². The molecular weight excluding hydrogens is 757 g/mol. The number of para-hydroxylation sites is 2. The van der Waals surface area contributed by atoms with Gasteiger partial charge in [0.25, 0.3) is 0 Å². The van der Waals surface area contributed by atoms with Crippen molar-refractivity contribution in [3.05, 3.63) is 206 Å². The average Bonchev–Trinajstić information content (AvgIpc) is 3.87. The van der Waals surface area contributed by atoms with Gasteiger partial charge in [0.1, 0.15) is 11.2 Å². The summed E-state index contributed by atoms with van der Waals surface area (Å²) in [6.07, 6.45) is 0. The number of aromatic nitrogens is 4. The quantitative estimate of drug-likeness (QED) is 0.174. The number of rotatable bonds is 5. The molecule has 0 spiro atoms. The van der Waals surface area contributed by atoms with Crippen LogP contribution in [0.5, 0.6) is 0 Å². The molecule has 10 aromatic carbocycles. The van der Waals surface area contributed by atoms with Crippen LogP contribution in [0.1, 0.15) is 0 Å². The Kier molecular flexibility index (Phi) is 7.54. The largest absolute Gasteiger partial charge is 0.456 e. The zero-order chi connectivity index (χ0) is 40.7. The highest BCUT2D eigenvalue weighted by molar-refractivity contribution is 6.17. The topological polar surface area (TPSA) is 56.7 Å². The Morgan fingerprint density at radius 3 is 1.77 bits per heavy atom. The molecule has 0 aliphatic carbocycles. The number of hydrogen-bond acceptors (Lipinski definition) is 4. The van der Waals surface area contributed by atoms with E-state index in [1.54, 1.807) is 0 Å². The molecule has 288 valence electrons. The maximum absolute atomic E-state index is 6.24. The molecule has 0 fully saturated rings. The Balaban J connectivity index is 1.16. The molecule has 0 atom stereocenters. The Morgan fingerprint density at radius 1 is 0.323 bits per heavy atom. The van der Waals surface area contributed by atoms with E-state index in [-0.39, 0.29) is 0 Å². The van der Waals surface area contributed by atoms with E-state index in [1.165, 1.54) is 21.5 Å². The van der Waals surface area contributed by atoms with Crippen LogP contribution in [0, 0.1) is 0 Å². The van der Waals surface area contributed by atoms with Crippen molar-refractivity contribution >= 4 is 76.1 Å². The zero-order valence-electron chi connectivity index (χ0n) is 33.3. The highest BCUT2D eigenvalue weighted by atomic mass is 16.3. The Bertz CT molecular complexity index is 3930. The van der Waals surface area contributed by atoms with Gasteiger partial charge < -0.3 is 8.98 Å². The minimum absolute atomic E-state index is 0.590. The predicted molar refractivity (Wildman–Crippen MR) is 256 cm³/mol. The molecule has 5 nitrogen and oxygen atoms in total. The van der Waals surface area contributed by atoms with Crippen LogP contribution < -0.4 is 0 Å². The lowest BCUT2D eigenvalue weighted by molar-refractivity contribution is 0.669. The molecule has 0 bridgehead atoms. The maximum Gasteiger partial charge on any atom is 0.165 e. The molecule has 3 aromatic heterocycles. The lowest BCUT2D eigenvalue weighted by Gasteiger charge is -2.20. The van der Waals surface area contributed by atoms with E-state index < -0.39 is 0 Å². The van der Waals surface area contributed by atoms with Gasteiger partial charge in [0.15, 0.2) is 17.5 Å². The molecular formula is C57H34N4O. The van der Waals surface area contributed by atoms with Crippen molar-refractivity contribution in [3.8, 4) is 51.0 Å².